The number of rotatable bonds is 4. The van der Waals surface area contributed by atoms with Crippen LogP contribution in [0.25, 0.3) is 0 Å². The molecule has 0 aromatic heterocycles. The van der Waals surface area contributed by atoms with Crippen LogP contribution in [0.4, 0.5) is 5.69 Å². The molecule has 1 aliphatic rings. The van der Waals surface area contributed by atoms with Gasteiger partial charge in [-0.05, 0) is 36.7 Å². The van der Waals surface area contributed by atoms with Crippen molar-refractivity contribution in [1.82, 2.24) is 10.2 Å². The Labute approximate surface area is 148 Å². The van der Waals surface area contributed by atoms with E-state index < -0.39 is 0 Å². The average molecular weight is 337 g/mol. The first-order valence-corrected chi connectivity index (χ1v) is 8.67. The van der Waals surface area contributed by atoms with Crippen molar-refractivity contribution < 1.29 is 9.59 Å². The van der Waals surface area contributed by atoms with E-state index in [4.69, 9.17) is 0 Å². The molecule has 3 rings (SSSR count). The molecule has 2 aromatic carbocycles. The Kier molecular flexibility index (Phi) is 5.80. The molecule has 5 heteroatoms. The summed E-state index contributed by atoms with van der Waals surface area (Å²) >= 11 is 0. The fourth-order valence-corrected chi connectivity index (χ4v) is 2.95. The second kappa shape index (κ2) is 8.44. The van der Waals surface area contributed by atoms with Crippen LogP contribution in [0.15, 0.2) is 54.6 Å². The SMILES string of the molecule is O=C(Nc1ccccc1CC(=O)N1CCCNCC1)c1ccccc1. The molecule has 0 unspecified atom stereocenters. The zero-order valence-corrected chi connectivity index (χ0v) is 14.2. The maximum Gasteiger partial charge on any atom is 0.255 e. The molecule has 0 atom stereocenters. The Hall–Kier alpha value is -2.66. The van der Waals surface area contributed by atoms with Gasteiger partial charge in [0.1, 0.15) is 0 Å². The van der Waals surface area contributed by atoms with Crippen LogP contribution in [0.2, 0.25) is 0 Å². The molecule has 1 saturated heterocycles. The van der Waals surface area contributed by atoms with E-state index in [1.54, 1.807) is 12.1 Å². The summed E-state index contributed by atoms with van der Waals surface area (Å²) in [6.07, 6.45) is 1.27. The minimum Gasteiger partial charge on any atom is -0.341 e. The molecule has 1 heterocycles. The van der Waals surface area contributed by atoms with Gasteiger partial charge in [-0.2, -0.15) is 0 Å². The lowest BCUT2D eigenvalue weighted by atomic mass is 10.1. The van der Waals surface area contributed by atoms with Gasteiger partial charge >= 0.3 is 0 Å². The molecule has 0 spiro atoms. The van der Waals surface area contributed by atoms with Crippen LogP contribution < -0.4 is 10.6 Å². The Balaban J connectivity index is 1.70. The first kappa shape index (κ1) is 17.2. The fraction of sp³-hybridized carbons (Fsp3) is 0.300. The third-order valence-corrected chi connectivity index (χ3v) is 4.34. The Bertz CT molecular complexity index is 723. The van der Waals surface area contributed by atoms with Crippen LogP contribution in [0.5, 0.6) is 0 Å². The highest BCUT2D eigenvalue weighted by Crippen LogP contribution is 2.18. The average Bonchev–Trinajstić information content (AvgIpc) is 2.93. The van der Waals surface area contributed by atoms with Crippen LogP contribution in [0.3, 0.4) is 0 Å². The van der Waals surface area contributed by atoms with Gasteiger partial charge in [-0.25, -0.2) is 0 Å². The van der Waals surface area contributed by atoms with Gasteiger partial charge in [0.05, 0.1) is 6.42 Å². The molecule has 0 saturated carbocycles. The minimum atomic E-state index is -0.167. The number of benzene rings is 2. The monoisotopic (exact) mass is 337 g/mol. The molecule has 1 aliphatic heterocycles. The van der Waals surface area contributed by atoms with Crippen molar-refractivity contribution in [2.45, 2.75) is 12.8 Å². The van der Waals surface area contributed by atoms with Gasteiger partial charge in [-0.15, -0.1) is 0 Å². The van der Waals surface area contributed by atoms with E-state index in [2.05, 4.69) is 10.6 Å². The molecule has 2 amide bonds. The third-order valence-electron chi connectivity index (χ3n) is 4.34. The van der Waals surface area contributed by atoms with Crippen LogP contribution in [-0.4, -0.2) is 42.9 Å². The zero-order valence-electron chi connectivity index (χ0n) is 14.2. The summed E-state index contributed by atoms with van der Waals surface area (Å²) in [7, 11) is 0. The quantitative estimate of drug-likeness (QED) is 0.900. The van der Waals surface area contributed by atoms with Crippen LogP contribution in [0.1, 0.15) is 22.3 Å². The van der Waals surface area contributed by atoms with Crippen molar-refractivity contribution >= 4 is 17.5 Å². The van der Waals surface area contributed by atoms with Gasteiger partial charge in [-0.3, -0.25) is 9.59 Å². The summed E-state index contributed by atoms with van der Waals surface area (Å²) in [5, 5.41) is 6.23. The highest BCUT2D eigenvalue weighted by atomic mass is 16.2. The molecule has 0 bridgehead atoms. The predicted octanol–water partition coefficient (Wildman–Crippen LogP) is 2.30. The molecule has 2 N–H and O–H groups in total. The smallest absolute Gasteiger partial charge is 0.255 e. The van der Waals surface area contributed by atoms with E-state index >= 15 is 0 Å². The third kappa shape index (κ3) is 4.67. The van der Waals surface area contributed by atoms with Gasteiger partial charge in [0, 0.05) is 30.9 Å². The molecular formula is C20H23N3O2. The van der Waals surface area contributed by atoms with Gasteiger partial charge in [0.15, 0.2) is 0 Å². The van der Waals surface area contributed by atoms with Gasteiger partial charge in [0.25, 0.3) is 5.91 Å². The molecular weight excluding hydrogens is 314 g/mol. The molecule has 25 heavy (non-hydrogen) atoms. The maximum absolute atomic E-state index is 12.6. The summed E-state index contributed by atoms with van der Waals surface area (Å²) in [5.74, 6) is -0.0652. The highest BCUT2D eigenvalue weighted by Gasteiger charge is 2.17. The van der Waals surface area contributed by atoms with E-state index in [1.807, 2.05) is 47.4 Å². The number of para-hydroxylation sites is 1. The van der Waals surface area contributed by atoms with Crippen LogP contribution in [0, 0.1) is 0 Å². The number of nitrogens with zero attached hydrogens (tertiary/aromatic N) is 1. The molecule has 0 radical (unpaired) electrons. The van der Waals surface area contributed by atoms with Crippen molar-refractivity contribution in [3.8, 4) is 0 Å². The highest BCUT2D eigenvalue weighted by molar-refractivity contribution is 6.04. The van der Waals surface area contributed by atoms with E-state index in [1.165, 1.54) is 0 Å². The Morgan fingerprint density at radius 1 is 0.960 bits per heavy atom. The first-order chi connectivity index (χ1) is 12.2. The largest absolute Gasteiger partial charge is 0.341 e. The maximum atomic E-state index is 12.6. The van der Waals surface area contributed by atoms with Gasteiger partial charge in [0.2, 0.25) is 5.91 Å². The summed E-state index contributed by atoms with van der Waals surface area (Å²) in [6, 6.07) is 16.6. The normalized spacial score (nSPS) is 14.6. The van der Waals surface area contributed by atoms with Crippen molar-refractivity contribution in [3.05, 3.63) is 65.7 Å². The summed E-state index contributed by atoms with van der Waals surface area (Å²) in [4.78, 5) is 26.9. The number of amides is 2. The van der Waals surface area contributed by atoms with E-state index in [0.717, 1.165) is 38.2 Å². The Morgan fingerprint density at radius 3 is 2.56 bits per heavy atom. The van der Waals surface area contributed by atoms with Crippen molar-refractivity contribution in [2.75, 3.05) is 31.5 Å². The molecule has 5 nitrogen and oxygen atoms in total. The summed E-state index contributed by atoms with van der Waals surface area (Å²) in [5.41, 5.74) is 2.13. The van der Waals surface area contributed by atoms with E-state index in [9.17, 15) is 9.59 Å². The van der Waals surface area contributed by atoms with Gasteiger partial charge < -0.3 is 15.5 Å². The number of hydrogen-bond acceptors (Lipinski definition) is 3. The molecule has 2 aromatic rings. The number of carbonyl (C=O) groups is 2. The zero-order chi connectivity index (χ0) is 17.5. The van der Waals surface area contributed by atoms with Crippen LogP contribution >= 0.6 is 0 Å². The van der Waals surface area contributed by atoms with Crippen molar-refractivity contribution in [1.29, 1.82) is 0 Å². The van der Waals surface area contributed by atoms with Crippen LogP contribution in [-0.2, 0) is 11.2 Å². The lowest BCUT2D eigenvalue weighted by Crippen LogP contribution is -2.35. The summed E-state index contributed by atoms with van der Waals surface area (Å²) < 4.78 is 0. The van der Waals surface area contributed by atoms with Gasteiger partial charge in [-0.1, -0.05) is 36.4 Å². The fourth-order valence-electron chi connectivity index (χ4n) is 2.95. The topological polar surface area (TPSA) is 61.4 Å². The standard InChI is InChI=1S/C20H23N3O2/c24-19(23-13-6-11-21-12-14-23)15-17-9-4-5-10-18(17)22-20(25)16-7-2-1-3-8-16/h1-5,7-10,21H,6,11-15H2,(H,22,25). The second-order valence-electron chi connectivity index (χ2n) is 6.14. The number of anilines is 1. The van der Waals surface area contributed by atoms with Crippen molar-refractivity contribution in [3.63, 3.8) is 0 Å². The minimum absolute atomic E-state index is 0.102. The molecule has 1 fully saturated rings. The first-order valence-electron chi connectivity index (χ1n) is 8.67. The second-order valence-corrected chi connectivity index (χ2v) is 6.14. The lowest BCUT2D eigenvalue weighted by Gasteiger charge is -2.21. The van der Waals surface area contributed by atoms with E-state index in [-0.39, 0.29) is 11.8 Å². The number of hydrogen-bond donors (Lipinski definition) is 2. The number of nitrogens with one attached hydrogen (secondary N) is 2. The predicted molar refractivity (Wildman–Crippen MR) is 98.6 cm³/mol. The Morgan fingerprint density at radius 2 is 1.72 bits per heavy atom. The summed E-state index contributed by atoms with van der Waals surface area (Å²) in [6.45, 7) is 3.30. The molecule has 0 aliphatic carbocycles. The lowest BCUT2D eigenvalue weighted by molar-refractivity contribution is -0.130. The number of carbonyl (C=O) groups excluding carboxylic acids is 2. The van der Waals surface area contributed by atoms with E-state index in [0.29, 0.717) is 17.7 Å². The molecule has 130 valence electrons. The van der Waals surface area contributed by atoms with Crippen molar-refractivity contribution in [2.24, 2.45) is 0 Å².